The number of fused-ring (bicyclic) bond motifs is 1. The average Bonchev–Trinajstić information content (AvgIpc) is 3.21. The third-order valence-corrected chi connectivity index (χ3v) is 4.35. The third kappa shape index (κ3) is 2.43. The van der Waals surface area contributed by atoms with Crippen LogP contribution in [-0.4, -0.2) is 19.3 Å². The fraction of sp³-hybridized carbons (Fsp3) is 0.562. The lowest BCUT2D eigenvalue weighted by Gasteiger charge is -2.23. The van der Waals surface area contributed by atoms with Crippen molar-refractivity contribution in [3.63, 3.8) is 0 Å². The van der Waals surface area contributed by atoms with E-state index in [0.29, 0.717) is 24.0 Å². The predicted octanol–water partition coefficient (Wildman–Crippen LogP) is 3.95. The molecule has 3 rings (SSSR count). The molecular formula is C16H18ClNO3. The second kappa shape index (κ2) is 5.36. The first-order valence-corrected chi connectivity index (χ1v) is 7.68. The molecule has 0 spiro atoms. The number of aliphatic imine (C=N–C) groups is 1. The highest BCUT2D eigenvalue weighted by atomic mass is 35.5. The summed E-state index contributed by atoms with van der Waals surface area (Å²) in [5.74, 6) is 1.65. The van der Waals surface area contributed by atoms with E-state index in [1.165, 1.54) is 0 Å². The molecule has 0 saturated heterocycles. The van der Waals surface area contributed by atoms with Crippen molar-refractivity contribution in [2.45, 2.75) is 44.6 Å². The smallest absolute Gasteiger partial charge is 0.235 e. The molecule has 1 aromatic carbocycles. The van der Waals surface area contributed by atoms with Gasteiger partial charge in [-0.2, -0.15) is 4.99 Å². The van der Waals surface area contributed by atoms with Crippen LogP contribution in [0, 0.1) is 0 Å². The topological polar surface area (TPSA) is 47.9 Å². The Kier molecular flexibility index (Phi) is 3.68. The van der Waals surface area contributed by atoms with E-state index in [1.807, 2.05) is 0 Å². The monoisotopic (exact) mass is 307 g/mol. The molecule has 1 saturated carbocycles. The van der Waals surface area contributed by atoms with Gasteiger partial charge in [-0.15, -0.1) is 0 Å². The maximum Gasteiger partial charge on any atom is 0.235 e. The lowest BCUT2D eigenvalue weighted by atomic mass is 9.90. The van der Waals surface area contributed by atoms with Crippen LogP contribution in [0.2, 0.25) is 5.02 Å². The molecule has 0 radical (unpaired) electrons. The first-order chi connectivity index (χ1) is 10.1. The van der Waals surface area contributed by atoms with Crippen molar-refractivity contribution in [2.75, 3.05) is 13.2 Å². The third-order valence-electron chi connectivity index (χ3n) is 4.05. The molecule has 0 amide bonds. The number of hydrogen-bond acceptors (Lipinski definition) is 4. The molecule has 1 aromatic rings. The Bertz CT molecular complexity index is 616. The highest BCUT2D eigenvalue weighted by Crippen LogP contribution is 2.57. The number of benzene rings is 1. The summed E-state index contributed by atoms with van der Waals surface area (Å²) in [7, 11) is 0. The van der Waals surface area contributed by atoms with Gasteiger partial charge in [0.2, 0.25) is 6.08 Å². The zero-order valence-electron chi connectivity index (χ0n) is 12.2. The van der Waals surface area contributed by atoms with E-state index in [9.17, 15) is 4.79 Å². The second-order valence-corrected chi connectivity index (χ2v) is 6.32. The van der Waals surface area contributed by atoms with Gasteiger partial charge in [0.1, 0.15) is 5.54 Å². The van der Waals surface area contributed by atoms with Crippen molar-refractivity contribution in [3.05, 3.63) is 22.2 Å². The lowest BCUT2D eigenvalue weighted by Crippen LogP contribution is -2.12. The zero-order chi connectivity index (χ0) is 15.0. The number of nitrogens with zero attached hydrogens (tertiary/aromatic N) is 1. The molecule has 0 bridgehead atoms. The van der Waals surface area contributed by atoms with Crippen LogP contribution in [0.1, 0.15) is 50.2 Å². The fourth-order valence-corrected chi connectivity index (χ4v) is 3.32. The molecule has 1 aliphatic carbocycles. The van der Waals surface area contributed by atoms with Gasteiger partial charge in [-0.1, -0.05) is 25.4 Å². The van der Waals surface area contributed by atoms with Crippen LogP contribution in [0.3, 0.4) is 0 Å². The molecule has 1 heterocycles. The number of halogens is 1. The molecule has 112 valence electrons. The Labute approximate surface area is 129 Å². The van der Waals surface area contributed by atoms with Crippen molar-refractivity contribution < 1.29 is 14.3 Å². The van der Waals surface area contributed by atoms with Crippen LogP contribution < -0.4 is 9.47 Å². The summed E-state index contributed by atoms with van der Waals surface area (Å²) >= 11 is 6.50. The number of isocyanates is 1. The molecule has 0 atom stereocenters. The number of ether oxygens (including phenoxy) is 2. The Balaban J connectivity index is 2.24. The van der Waals surface area contributed by atoms with Crippen LogP contribution in [0.15, 0.2) is 11.1 Å². The first-order valence-electron chi connectivity index (χ1n) is 7.30. The van der Waals surface area contributed by atoms with Gasteiger partial charge >= 0.3 is 0 Å². The molecular weight excluding hydrogens is 290 g/mol. The Morgan fingerprint density at radius 1 is 1.33 bits per heavy atom. The Hall–Kier alpha value is -1.51. The molecule has 2 aliphatic rings. The van der Waals surface area contributed by atoms with Gasteiger partial charge in [0, 0.05) is 23.6 Å². The minimum absolute atomic E-state index is 0.202. The van der Waals surface area contributed by atoms with Crippen molar-refractivity contribution in [1.29, 1.82) is 0 Å². The van der Waals surface area contributed by atoms with E-state index in [1.54, 1.807) is 12.1 Å². The maximum absolute atomic E-state index is 10.8. The molecule has 0 N–H and O–H groups in total. The normalized spacial score (nSPS) is 18.9. The van der Waals surface area contributed by atoms with Gasteiger partial charge in [-0.25, -0.2) is 4.79 Å². The zero-order valence-corrected chi connectivity index (χ0v) is 13.0. The summed E-state index contributed by atoms with van der Waals surface area (Å²) in [4.78, 5) is 14.8. The van der Waals surface area contributed by atoms with Gasteiger partial charge in [-0.05, 0) is 18.8 Å². The number of rotatable bonds is 3. The average molecular weight is 308 g/mol. The summed E-state index contributed by atoms with van der Waals surface area (Å²) in [5, 5.41) is 0.597. The number of carbonyl (C=O) groups excluding carboxylic acids is 1. The van der Waals surface area contributed by atoms with E-state index in [2.05, 4.69) is 18.8 Å². The SMILES string of the molecule is CC(C)c1c2c(cc(Cl)c1C1(N=C=O)CC1)OCCCO2. The molecule has 21 heavy (non-hydrogen) atoms. The van der Waals surface area contributed by atoms with E-state index in [0.717, 1.165) is 36.1 Å². The van der Waals surface area contributed by atoms with E-state index >= 15 is 0 Å². The van der Waals surface area contributed by atoms with E-state index in [4.69, 9.17) is 21.1 Å². The number of hydrogen-bond donors (Lipinski definition) is 0. The van der Waals surface area contributed by atoms with Crippen LogP contribution in [0.5, 0.6) is 11.5 Å². The molecule has 0 aromatic heterocycles. The van der Waals surface area contributed by atoms with E-state index < -0.39 is 5.54 Å². The predicted molar refractivity (Wildman–Crippen MR) is 80.2 cm³/mol. The molecule has 1 fully saturated rings. The van der Waals surface area contributed by atoms with Crippen LogP contribution >= 0.6 is 11.6 Å². The summed E-state index contributed by atoms with van der Waals surface area (Å²) in [6.45, 7) is 5.42. The van der Waals surface area contributed by atoms with Crippen molar-refractivity contribution in [2.24, 2.45) is 4.99 Å². The summed E-state index contributed by atoms with van der Waals surface area (Å²) < 4.78 is 11.7. The minimum Gasteiger partial charge on any atom is -0.489 e. The molecule has 5 heteroatoms. The highest BCUT2D eigenvalue weighted by molar-refractivity contribution is 6.32. The van der Waals surface area contributed by atoms with Gasteiger partial charge in [0.05, 0.1) is 18.2 Å². The van der Waals surface area contributed by atoms with Crippen molar-refractivity contribution in [3.8, 4) is 11.5 Å². The Morgan fingerprint density at radius 2 is 2.05 bits per heavy atom. The molecule has 4 nitrogen and oxygen atoms in total. The van der Waals surface area contributed by atoms with Crippen LogP contribution in [-0.2, 0) is 10.3 Å². The summed E-state index contributed by atoms with van der Waals surface area (Å²) in [5.41, 5.74) is 1.41. The van der Waals surface area contributed by atoms with Gasteiger partial charge < -0.3 is 9.47 Å². The quantitative estimate of drug-likeness (QED) is 0.627. The van der Waals surface area contributed by atoms with Crippen LogP contribution in [0.4, 0.5) is 0 Å². The Morgan fingerprint density at radius 3 is 2.67 bits per heavy atom. The standard InChI is InChI=1S/C16H18ClNO3/c1-10(2)13-14(16(4-5-16)18-9-19)11(17)8-12-15(13)21-7-3-6-20-12/h8,10H,3-7H2,1-2H3. The maximum atomic E-state index is 10.8. The van der Waals surface area contributed by atoms with Crippen LogP contribution in [0.25, 0.3) is 0 Å². The summed E-state index contributed by atoms with van der Waals surface area (Å²) in [6.07, 6.45) is 4.18. The highest BCUT2D eigenvalue weighted by Gasteiger charge is 2.49. The first kappa shape index (κ1) is 14.4. The lowest BCUT2D eigenvalue weighted by molar-refractivity contribution is 0.295. The van der Waals surface area contributed by atoms with Gasteiger partial charge in [-0.3, -0.25) is 0 Å². The fourth-order valence-electron chi connectivity index (χ4n) is 2.95. The van der Waals surface area contributed by atoms with Crippen molar-refractivity contribution in [1.82, 2.24) is 0 Å². The van der Waals surface area contributed by atoms with Crippen molar-refractivity contribution >= 4 is 17.7 Å². The minimum atomic E-state index is -0.511. The van der Waals surface area contributed by atoms with Gasteiger partial charge in [0.25, 0.3) is 0 Å². The summed E-state index contributed by atoms with van der Waals surface area (Å²) in [6, 6.07) is 1.80. The van der Waals surface area contributed by atoms with Gasteiger partial charge in [0.15, 0.2) is 11.5 Å². The van der Waals surface area contributed by atoms with E-state index in [-0.39, 0.29) is 5.92 Å². The molecule has 1 aliphatic heterocycles. The molecule has 0 unspecified atom stereocenters. The second-order valence-electron chi connectivity index (χ2n) is 5.91. The largest absolute Gasteiger partial charge is 0.489 e.